The van der Waals surface area contributed by atoms with Gasteiger partial charge in [-0.2, -0.15) is 0 Å². The molecule has 0 N–H and O–H groups in total. The summed E-state index contributed by atoms with van der Waals surface area (Å²) in [7, 11) is 0. The Balaban J connectivity index is 4.38. The Kier molecular flexibility index (Phi) is 31.8. The van der Waals surface area contributed by atoms with E-state index in [1.807, 2.05) is 0 Å². The van der Waals surface area contributed by atoms with Crippen LogP contribution in [0.15, 0.2) is 0 Å². The van der Waals surface area contributed by atoms with Crippen molar-refractivity contribution in [3.63, 3.8) is 0 Å². The molecule has 0 spiro atoms. The quantitative estimate of drug-likeness (QED) is 0.0386. The number of carbonyl (C=O) groups is 3. The highest BCUT2D eigenvalue weighted by Gasteiger charge is 2.19. The number of hydrogen-bond acceptors (Lipinski definition) is 6. The molecule has 0 rings (SSSR count). The second kappa shape index (κ2) is 32.9. The lowest BCUT2D eigenvalue weighted by Gasteiger charge is -2.18. The second-order valence-corrected chi connectivity index (χ2v) is 15.3. The molecule has 0 aliphatic rings. The molecular weight excluding hydrogens is 588 g/mol. The molecule has 278 valence electrons. The van der Waals surface area contributed by atoms with Gasteiger partial charge in [0.25, 0.3) is 0 Å². The average Bonchev–Trinajstić information content (AvgIpc) is 3.01. The number of esters is 3. The first-order valence-corrected chi connectivity index (χ1v) is 20.1. The Hall–Kier alpha value is -1.59. The van der Waals surface area contributed by atoms with Crippen molar-refractivity contribution in [3.05, 3.63) is 0 Å². The van der Waals surface area contributed by atoms with Gasteiger partial charge < -0.3 is 14.2 Å². The zero-order chi connectivity index (χ0) is 35.0. The smallest absolute Gasteiger partial charge is 0.306 e. The zero-order valence-electron chi connectivity index (χ0n) is 32.1. The zero-order valence-corrected chi connectivity index (χ0v) is 32.1. The summed E-state index contributed by atoms with van der Waals surface area (Å²) in [6.45, 7) is 13.5. The Morgan fingerprint density at radius 2 is 0.617 bits per heavy atom. The van der Waals surface area contributed by atoms with Crippen LogP contribution in [0.3, 0.4) is 0 Å². The van der Waals surface area contributed by atoms with Crippen LogP contribution in [0.1, 0.15) is 208 Å². The molecule has 0 saturated heterocycles. The van der Waals surface area contributed by atoms with Crippen molar-refractivity contribution in [1.29, 1.82) is 0 Å². The van der Waals surface area contributed by atoms with Crippen molar-refractivity contribution in [2.45, 2.75) is 215 Å². The average molecular weight is 667 g/mol. The molecule has 1 atom stereocenters. The molecule has 0 aliphatic carbocycles. The van der Waals surface area contributed by atoms with Gasteiger partial charge in [0.05, 0.1) is 0 Å². The molecule has 0 aromatic heterocycles. The number of ether oxygens (including phenoxy) is 3. The van der Waals surface area contributed by atoms with E-state index in [0.29, 0.717) is 19.3 Å². The van der Waals surface area contributed by atoms with Crippen molar-refractivity contribution in [2.75, 3.05) is 13.2 Å². The second-order valence-electron chi connectivity index (χ2n) is 15.3. The maximum absolute atomic E-state index is 12.6. The summed E-state index contributed by atoms with van der Waals surface area (Å²) in [5.41, 5.74) is 0. The van der Waals surface area contributed by atoms with Crippen LogP contribution in [0.4, 0.5) is 0 Å². The summed E-state index contributed by atoms with van der Waals surface area (Å²) >= 11 is 0. The predicted molar refractivity (Wildman–Crippen MR) is 196 cm³/mol. The molecule has 6 nitrogen and oxygen atoms in total. The normalized spacial score (nSPS) is 12.2. The molecule has 0 radical (unpaired) electrons. The third-order valence-electron chi connectivity index (χ3n) is 8.90. The third-order valence-corrected chi connectivity index (χ3v) is 8.90. The maximum atomic E-state index is 12.6. The molecule has 0 amide bonds. The first kappa shape index (κ1) is 45.4. The van der Waals surface area contributed by atoms with Gasteiger partial charge in [0.1, 0.15) is 13.2 Å². The fourth-order valence-electron chi connectivity index (χ4n) is 5.82. The van der Waals surface area contributed by atoms with Gasteiger partial charge in [0, 0.05) is 19.3 Å². The van der Waals surface area contributed by atoms with Crippen molar-refractivity contribution in [1.82, 2.24) is 0 Å². The fourth-order valence-corrected chi connectivity index (χ4v) is 5.82. The van der Waals surface area contributed by atoms with Gasteiger partial charge in [-0.15, -0.1) is 0 Å². The van der Waals surface area contributed by atoms with Crippen LogP contribution < -0.4 is 0 Å². The topological polar surface area (TPSA) is 78.9 Å². The minimum Gasteiger partial charge on any atom is -0.462 e. The Labute approximate surface area is 291 Å². The van der Waals surface area contributed by atoms with E-state index in [1.165, 1.54) is 89.9 Å². The predicted octanol–water partition coefficient (Wildman–Crippen LogP) is 12.1. The van der Waals surface area contributed by atoms with Crippen molar-refractivity contribution in [2.24, 2.45) is 17.8 Å². The maximum Gasteiger partial charge on any atom is 0.306 e. The van der Waals surface area contributed by atoms with E-state index in [0.717, 1.165) is 75.5 Å². The minimum atomic E-state index is -0.761. The van der Waals surface area contributed by atoms with Crippen LogP contribution in [0.5, 0.6) is 0 Å². The van der Waals surface area contributed by atoms with Gasteiger partial charge in [0.15, 0.2) is 6.10 Å². The third kappa shape index (κ3) is 35.5. The molecule has 0 unspecified atom stereocenters. The molecule has 0 heterocycles. The fraction of sp³-hybridized carbons (Fsp3) is 0.927. The summed E-state index contributed by atoms with van der Waals surface area (Å²) < 4.78 is 16.6. The molecule has 0 aromatic carbocycles. The summed E-state index contributed by atoms with van der Waals surface area (Å²) in [5, 5.41) is 0. The molecule has 6 heteroatoms. The Morgan fingerprint density at radius 1 is 0.362 bits per heavy atom. The van der Waals surface area contributed by atoms with Crippen molar-refractivity contribution in [3.8, 4) is 0 Å². The lowest BCUT2D eigenvalue weighted by atomic mass is 10.0. The van der Waals surface area contributed by atoms with Crippen LogP contribution in [0.25, 0.3) is 0 Å². The summed E-state index contributed by atoms with van der Waals surface area (Å²) in [6.07, 6.45) is 26.9. The molecule has 0 aliphatic heterocycles. The molecular formula is C41H78O6. The molecule has 0 bridgehead atoms. The summed E-state index contributed by atoms with van der Waals surface area (Å²) in [6, 6.07) is 0. The van der Waals surface area contributed by atoms with E-state index in [2.05, 4.69) is 41.5 Å². The number of unbranched alkanes of at least 4 members (excludes halogenated alkanes) is 17. The van der Waals surface area contributed by atoms with Crippen LogP contribution >= 0.6 is 0 Å². The first-order valence-electron chi connectivity index (χ1n) is 20.1. The largest absolute Gasteiger partial charge is 0.462 e. The molecule has 0 aromatic rings. The van der Waals surface area contributed by atoms with E-state index in [1.54, 1.807) is 0 Å². The number of rotatable bonds is 34. The highest BCUT2D eigenvalue weighted by Crippen LogP contribution is 2.16. The van der Waals surface area contributed by atoms with Gasteiger partial charge in [-0.05, 0) is 37.0 Å². The monoisotopic (exact) mass is 667 g/mol. The van der Waals surface area contributed by atoms with Crippen LogP contribution in [-0.2, 0) is 28.6 Å². The lowest BCUT2D eigenvalue weighted by molar-refractivity contribution is -0.167. The number of carbonyl (C=O) groups excluding carboxylic acids is 3. The van der Waals surface area contributed by atoms with Crippen molar-refractivity contribution >= 4 is 17.9 Å². The van der Waals surface area contributed by atoms with Gasteiger partial charge in [-0.3, -0.25) is 14.4 Å². The first-order chi connectivity index (χ1) is 22.6. The highest BCUT2D eigenvalue weighted by molar-refractivity contribution is 5.71. The van der Waals surface area contributed by atoms with E-state index < -0.39 is 6.10 Å². The van der Waals surface area contributed by atoms with Gasteiger partial charge in [0.2, 0.25) is 0 Å². The molecule has 0 fully saturated rings. The molecule has 47 heavy (non-hydrogen) atoms. The van der Waals surface area contributed by atoms with E-state index >= 15 is 0 Å². The standard InChI is InChI=1S/C41H78O6/c1-35(2)27-21-15-9-7-11-18-24-30-39(42)45-33-38(34-46-40(43)31-25-19-14-13-17-23-29-37(5)6)47-41(44)32-26-20-12-8-10-16-22-28-36(3)4/h35-38H,7-34H2,1-6H3/t38-/m1/s1. The summed E-state index contributed by atoms with van der Waals surface area (Å²) in [5.74, 6) is 1.44. The highest BCUT2D eigenvalue weighted by atomic mass is 16.6. The van der Waals surface area contributed by atoms with Crippen LogP contribution in [-0.4, -0.2) is 37.2 Å². The van der Waals surface area contributed by atoms with Crippen LogP contribution in [0, 0.1) is 17.8 Å². The van der Waals surface area contributed by atoms with Gasteiger partial charge >= 0.3 is 17.9 Å². The minimum absolute atomic E-state index is 0.0690. The summed E-state index contributed by atoms with van der Waals surface area (Å²) in [4.78, 5) is 37.4. The SMILES string of the molecule is CC(C)CCCCCCCCCC(=O)OC[C@H](COC(=O)CCCCCCCCC(C)C)OC(=O)CCCCCCCCCC(C)C. The van der Waals surface area contributed by atoms with Crippen molar-refractivity contribution < 1.29 is 28.6 Å². The number of hydrogen-bond donors (Lipinski definition) is 0. The van der Waals surface area contributed by atoms with E-state index in [9.17, 15) is 14.4 Å². The van der Waals surface area contributed by atoms with Gasteiger partial charge in [-0.25, -0.2) is 0 Å². The lowest BCUT2D eigenvalue weighted by Crippen LogP contribution is -2.30. The molecule has 0 saturated carbocycles. The Bertz CT molecular complexity index is 731. The van der Waals surface area contributed by atoms with Crippen LogP contribution in [0.2, 0.25) is 0 Å². The van der Waals surface area contributed by atoms with Gasteiger partial charge in [-0.1, -0.05) is 170 Å². The van der Waals surface area contributed by atoms with E-state index in [-0.39, 0.29) is 31.1 Å². The van der Waals surface area contributed by atoms with E-state index in [4.69, 9.17) is 14.2 Å². The Morgan fingerprint density at radius 3 is 0.915 bits per heavy atom.